The first kappa shape index (κ1) is 16.9. The van der Waals surface area contributed by atoms with Crippen LogP contribution in [-0.2, 0) is 21.2 Å². The number of rotatable bonds is 6. The number of likely N-dealkylation sites (N-methyl/N-ethyl adjacent to an activating group) is 1. The van der Waals surface area contributed by atoms with Gasteiger partial charge in [-0.05, 0) is 19.0 Å². The number of hydrogen-bond acceptors (Lipinski definition) is 4. The van der Waals surface area contributed by atoms with Gasteiger partial charge in [-0.15, -0.1) is 0 Å². The van der Waals surface area contributed by atoms with Crippen molar-refractivity contribution in [2.24, 2.45) is 0 Å². The van der Waals surface area contributed by atoms with E-state index in [4.69, 9.17) is 5.11 Å². The average Bonchev–Trinajstić information content (AvgIpc) is 2.47. The zero-order valence-electron chi connectivity index (χ0n) is 12.7. The summed E-state index contributed by atoms with van der Waals surface area (Å²) < 4.78 is 27.0. The second-order valence-corrected chi connectivity index (χ2v) is 7.87. The van der Waals surface area contributed by atoms with Crippen LogP contribution in [-0.4, -0.2) is 67.2 Å². The number of carboxylic acids is 1. The molecule has 122 valence electrons. The van der Waals surface area contributed by atoms with Crippen molar-refractivity contribution in [3.63, 3.8) is 0 Å². The number of sulfonamides is 1. The Balaban J connectivity index is 2.18. The van der Waals surface area contributed by atoms with Crippen LogP contribution in [0.5, 0.6) is 0 Å². The quantitative estimate of drug-likeness (QED) is 0.830. The summed E-state index contributed by atoms with van der Waals surface area (Å²) >= 11 is 0. The monoisotopic (exact) mass is 326 g/mol. The fourth-order valence-electron chi connectivity index (χ4n) is 2.61. The number of hydrogen-bond donors (Lipinski definition) is 1. The Labute approximate surface area is 131 Å². The van der Waals surface area contributed by atoms with Gasteiger partial charge in [0.1, 0.15) is 0 Å². The first-order valence-corrected chi connectivity index (χ1v) is 8.83. The van der Waals surface area contributed by atoms with Crippen molar-refractivity contribution < 1.29 is 18.3 Å². The summed E-state index contributed by atoms with van der Waals surface area (Å²) in [4.78, 5) is 13.2. The average molecular weight is 326 g/mol. The number of carbonyl (C=O) groups is 1. The van der Waals surface area contributed by atoms with Crippen molar-refractivity contribution >= 4 is 16.0 Å². The molecule has 1 saturated heterocycles. The lowest BCUT2D eigenvalue weighted by Crippen LogP contribution is -2.50. The van der Waals surface area contributed by atoms with E-state index in [0.717, 1.165) is 5.56 Å². The lowest BCUT2D eigenvalue weighted by molar-refractivity contribution is -0.137. The van der Waals surface area contributed by atoms with Gasteiger partial charge in [-0.3, -0.25) is 4.79 Å². The van der Waals surface area contributed by atoms with Gasteiger partial charge in [-0.25, -0.2) is 8.42 Å². The molecule has 1 aromatic rings. The number of piperazine rings is 1. The SMILES string of the molecule is CN1CCN(S(=O)(=O)C(CC(=O)O)Cc2ccccc2)CC1. The summed E-state index contributed by atoms with van der Waals surface area (Å²) in [5, 5.41) is 8.15. The highest BCUT2D eigenvalue weighted by Gasteiger charge is 2.35. The standard InChI is InChI=1S/C15H22N2O4S/c1-16-7-9-17(10-8-16)22(20,21)14(12-15(18)19)11-13-5-3-2-4-6-13/h2-6,14H,7-12H2,1H3,(H,18,19). The Bertz CT molecular complexity index is 595. The van der Waals surface area contributed by atoms with E-state index >= 15 is 0 Å². The van der Waals surface area contributed by atoms with Crippen LogP contribution < -0.4 is 0 Å². The van der Waals surface area contributed by atoms with Gasteiger partial charge in [0, 0.05) is 26.2 Å². The van der Waals surface area contributed by atoms with Gasteiger partial charge in [0.25, 0.3) is 0 Å². The molecule has 1 heterocycles. The molecule has 0 radical (unpaired) electrons. The van der Waals surface area contributed by atoms with E-state index in [1.807, 2.05) is 37.4 Å². The lowest BCUT2D eigenvalue weighted by Gasteiger charge is -2.34. The highest BCUT2D eigenvalue weighted by Crippen LogP contribution is 2.19. The molecule has 0 saturated carbocycles. The number of benzene rings is 1. The molecule has 1 fully saturated rings. The van der Waals surface area contributed by atoms with E-state index in [2.05, 4.69) is 4.90 Å². The summed E-state index contributed by atoms with van der Waals surface area (Å²) in [7, 11) is -1.67. The molecule has 1 aliphatic heterocycles. The van der Waals surface area contributed by atoms with Gasteiger partial charge in [-0.2, -0.15) is 4.31 Å². The fraction of sp³-hybridized carbons (Fsp3) is 0.533. The third kappa shape index (κ3) is 4.28. The molecule has 0 bridgehead atoms. The summed E-state index contributed by atoms with van der Waals surface area (Å²) in [6.45, 7) is 2.18. The second-order valence-electron chi connectivity index (χ2n) is 5.66. The van der Waals surface area contributed by atoms with Crippen LogP contribution in [0.25, 0.3) is 0 Å². The van der Waals surface area contributed by atoms with Crippen LogP contribution in [0.2, 0.25) is 0 Å². The van der Waals surface area contributed by atoms with Gasteiger partial charge >= 0.3 is 5.97 Å². The molecular weight excluding hydrogens is 304 g/mol. The Hall–Kier alpha value is -1.44. The van der Waals surface area contributed by atoms with Gasteiger partial charge < -0.3 is 10.0 Å². The Kier molecular flexibility index (Phi) is 5.55. The minimum Gasteiger partial charge on any atom is -0.481 e. The van der Waals surface area contributed by atoms with Crippen LogP contribution >= 0.6 is 0 Å². The van der Waals surface area contributed by atoms with Crippen LogP contribution in [0.15, 0.2) is 30.3 Å². The summed E-state index contributed by atoms with van der Waals surface area (Å²) in [5.74, 6) is -1.08. The van der Waals surface area contributed by atoms with E-state index in [1.54, 1.807) is 0 Å². The molecule has 1 aromatic carbocycles. The van der Waals surface area contributed by atoms with Crippen molar-refractivity contribution in [3.05, 3.63) is 35.9 Å². The lowest BCUT2D eigenvalue weighted by atomic mass is 10.1. The molecule has 0 aliphatic carbocycles. The van der Waals surface area contributed by atoms with Gasteiger partial charge in [0.15, 0.2) is 0 Å². The molecule has 7 heteroatoms. The summed E-state index contributed by atoms with van der Waals surface area (Å²) in [5.41, 5.74) is 0.839. The van der Waals surface area contributed by atoms with Crippen molar-refractivity contribution in [1.82, 2.24) is 9.21 Å². The molecule has 0 spiro atoms. The van der Waals surface area contributed by atoms with Crippen molar-refractivity contribution in [3.8, 4) is 0 Å². The number of aliphatic carboxylic acids is 1. The topological polar surface area (TPSA) is 77.9 Å². The normalized spacial score (nSPS) is 19.0. The van der Waals surface area contributed by atoms with Gasteiger partial charge in [-0.1, -0.05) is 30.3 Å². The largest absolute Gasteiger partial charge is 0.481 e. The third-order valence-corrected chi connectivity index (χ3v) is 6.21. The van der Waals surface area contributed by atoms with Crippen molar-refractivity contribution in [2.75, 3.05) is 33.2 Å². The number of carboxylic acid groups (broad SMARTS) is 1. The van der Waals surface area contributed by atoms with E-state index < -0.39 is 21.2 Å². The second kappa shape index (κ2) is 7.21. The predicted molar refractivity (Wildman–Crippen MR) is 84.2 cm³/mol. The maximum atomic E-state index is 12.8. The van der Waals surface area contributed by atoms with Crippen LogP contribution in [0.4, 0.5) is 0 Å². The van der Waals surface area contributed by atoms with E-state index in [1.165, 1.54) is 4.31 Å². The molecule has 0 amide bonds. The minimum absolute atomic E-state index is 0.224. The molecule has 1 N–H and O–H groups in total. The third-order valence-electron chi connectivity index (χ3n) is 3.95. The maximum Gasteiger partial charge on any atom is 0.304 e. The minimum atomic E-state index is -3.61. The van der Waals surface area contributed by atoms with E-state index in [0.29, 0.717) is 26.2 Å². The number of nitrogens with zero attached hydrogens (tertiary/aromatic N) is 2. The van der Waals surface area contributed by atoms with Crippen molar-refractivity contribution in [2.45, 2.75) is 18.1 Å². The van der Waals surface area contributed by atoms with Crippen LogP contribution in [0.1, 0.15) is 12.0 Å². The highest BCUT2D eigenvalue weighted by molar-refractivity contribution is 7.89. The zero-order chi connectivity index (χ0) is 16.2. The summed E-state index contributed by atoms with van der Waals surface area (Å²) in [6.07, 6.45) is -0.147. The predicted octanol–water partition coefficient (Wildman–Crippen LogP) is 0.650. The maximum absolute atomic E-state index is 12.8. The van der Waals surface area contributed by atoms with Crippen LogP contribution in [0, 0.1) is 0 Å². The smallest absolute Gasteiger partial charge is 0.304 e. The molecule has 2 rings (SSSR count). The summed E-state index contributed by atoms with van der Waals surface area (Å²) in [6, 6.07) is 9.17. The highest BCUT2D eigenvalue weighted by atomic mass is 32.2. The zero-order valence-corrected chi connectivity index (χ0v) is 13.5. The van der Waals surface area contributed by atoms with E-state index in [-0.39, 0.29) is 12.8 Å². The molecule has 6 nitrogen and oxygen atoms in total. The van der Waals surface area contributed by atoms with Crippen molar-refractivity contribution in [1.29, 1.82) is 0 Å². The molecule has 22 heavy (non-hydrogen) atoms. The molecule has 1 unspecified atom stereocenters. The Morgan fingerprint density at radius 2 is 1.77 bits per heavy atom. The molecular formula is C15H22N2O4S. The van der Waals surface area contributed by atoms with Gasteiger partial charge in [0.05, 0.1) is 11.7 Å². The fourth-order valence-corrected chi connectivity index (χ4v) is 4.46. The molecule has 1 aliphatic rings. The van der Waals surface area contributed by atoms with Gasteiger partial charge in [0.2, 0.25) is 10.0 Å². The first-order valence-electron chi connectivity index (χ1n) is 7.33. The molecule has 0 aromatic heterocycles. The molecule has 1 atom stereocenters. The Morgan fingerprint density at radius 3 is 2.32 bits per heavy atom. The Morgan fingerprint density at radius 1 is 1.18 bits per heavy atom. The van der Waals surface area contributed by atoms with Crippen LogP contribution in [0.3, 0.4) is 0 Å². The first-order chi connectivity index (χ1) is 10.4. The van der Waals surface area contributed by atoms with E-state index in [9.17, 15) is 13.2 Å².